The summed E-state index contributed by atoms with van der Waals surface area (Å²) in [5.74, 6) is 4.43. The van der Waals surface area contributed by atoms with E-state index in [1.165, 1.54) is 16.5 Å². The number of aliphatic hydroxyl groups excluding tert-OH is 1. The number of rotatable bonds is 16. The van der Waals surface area contributed by atoms with Gasteiger partial charge in [-0.3, -0.25) is 9.89 Å². The van der Waals surface area contributed by atoms with Crippen molar-refractivity contribution < 1.29 is 37.9 Å². The second-order valence-corrected chi connectivity index (χ2v) is 31.6. The van der Waals surface area contributed by atoms with Gasteiger partial charge in [-0.1, -0.05) is 140 Å². The average Bonchev–Trinajstić information content (AvgIpc) is 2.34. The summed E-state index contributed by atoms with van der Waals surface area (Å²) in [6, 6.07) is 30.1. The minimum atomic E-state index is -1.92. The van der Waals surface area contributed by atoms with Gasteiger partial charge in [0.2, 0.25) is 6.04 Å². The van der Waals surface area contributed by atoms with Crippen LogP contribution in [0.25, 0.3) is 0 Å². The smallest absolute Gasteiger partial charge is 0.444 e. The highest BCUT2D eigenvalue weighted by Crippen LogP contribution is 2.44. The molecule has 4 aliphatic heterocycles. The lowest BCUT2D eigenvalue weighted by Crippen LogP contribution is -2.49. The largest absolute Gasteiger partial charge is 0.597 e. The number of fused-ring (bicyclic) bond motifs is 6. The molecule has 3 aromatic heterocycles. The van der Waals surface area contributed by atoms with Gasteiger partial charge in [0.25, 0.3) is 0 Å². The van der Waals surface area contributed by atoms with Crippen LogP contribution in [-0.4, -0.2) is 167 Å². The minimum Gasteiger partial charge on any atom is -0.444 e. The summed E-state index contributed by atoms with van der Waals surface area (Å²) in [4.78, 5) is 65.3. The Kier molecular flexibility index (Phi) is 24.2. The Bertz CT molecular complexity index is 3360. The van der Waals surface area contributed by atoms with Gasteiger partial charge in [-0.25, -0.2) is 34.7 Å². The lowest BCUT2D eigenvalue weighted by atomic mass is 10.1. The molecule has 1 saturated heterocycles. The van der Waals surface area contributed by atoms with Crippen LogP contribution in [0, 0.1) is 0 Å². The molecular formula is C68H98N15O7Si+. The second-order valence-electron chi connectivity index (χ2n) is 26.2. The van der Waals surface area contributed by atoms with Crippen molar-refractivity contribution in [2.45, 2.75) is 162 Å². The van der Waals surface area contributed by atoms with Crippen LogP contribution in [0.1, 0.15) is 130 Å². The van der Waals surface area contributed by atoms with Crippen LogP contribution in [0.3, 0.4) is 0 Å². The number of amides is 2. The van der Waals surface area contributed by atoms with Crippen LogP contribution in [0.2, 0.25) is 16.6 Å². The maximum absolute atomic E-state index is 13.0. The maximum atomic E-state index is 13.0. The molecule has 4 atom stereocenters. The molecule has 6 aromatic rings. The molecule has 0 radical (unpaired) electrons. The fraction of sp³-hybridized carbons (Fsp3) is 0.500. The van der Waals surface area contributed by atoms with E-state index in [0.29, 0.717) is 85.6 Å². The van der Waals surface area contributed by atoms with Crippen molar-refractivity contribution in [3.8, 4) is 0 Å². The Morgan fingerprint density at radius 2 is 1.09 bits per heavy atom. The Morgan fingerprint density at radius 3 is 1.58 bits per heavy atom. The number of nitrogens with one attached hydrogen (secondary N) is 3. The van der Waals surface area contributed by atoms with E-state index in [2.05, 4.69) is 136 Å². The predicted molar refractivity (Wildman–Crippen MR) is 365 cm³/mol. The molecule has 7 heterocycles. The molecular weight excluding hydrogens is 1170 g/mol. The highest BCUT2D eigenvalue weighted by atomic mass is 28.4. The third kappa shape index (κ3) is 17.9. The number of carbonyl (C=O) groups is 2. The van der Waals surface area contributed by atoms with E-state index in [9.17, 15) is 14.7 Å². The standard InChI is InChI=1S/C25H39N5OSi.2C21H27N5O3.CH4/c1-18(2)32(19(3)4,20(5)6)31-16-22-13-27-24-23(14-26-22)25(29-17-28-24)30(7)15-21-11-9-8-10-12-21;1-21(2,3)29-20(27)26-15-10-22-17-16(19(26)28-12-15)18(24-13-23-17)25(4)11-14-8-6-5-7-9-14;1-21(2,3)29-20(28)26-12-17-18(22-10-16(26)13-27)23-14-24-19(17)25(4)11-15-8-6-5-7-9-15;/h8-12,14,17-20,22H,13,15-16H2,1-7H3,(H,27,28,29);5-9,13,15,19H,10-12H2,1-4H3,(H,22,23,24);5-9,12,14,16,27H,10-11,13H2,1-4H3;1H4/p+1/t22-;15-,19?;16-;/m000./s1. The molecule has 1 unspecified atom stereocenters. The summed E-state index contributed by atoms with van der Waals surface area (Å²) in [5.41, 5.74) is 6.37. The first-order valence-corrected chi connectivity index (χ1v) is 33.3. The van der Waals surface area contributed by atoms with E-state index in [1.807, 2.05) is 126 Å². The Hall–Kier alpha value is -8.12. The van der Waals surface area contributed by atoms with Gasteiger partial charge in [0.05, 0.1) is 43.0 Å². The summed E-state index contributed by atoms with van der Waals surface area (Å²) in [6.07, 6.45) is 6.76. The lowest BCUT2D eigenvalue weighted by molar-refractivity contribution is -0.486. The third-order valence-corrected chi connectivity index (χ3v) is 22.1. The summed E-state index contributed by atoms with van der Waals surface area (Å²) >= 11 is 0. The van der Waals surface area contributed by atoms with E-state index in [-0.39, 0.29) is 32.2 Å². The van der Waals surface area contributed by atoms with Crippen molar-refractivity contribution in [2.75, 3.05) is 91.2 Å². The van der Waals surface area contributed by atoms with Gasteiger partial charge in [0.15, 0.2) is 20.8 Å². The first-order chi connectivity index (χ1) is 42.9. The summed E-state index contributed by atoms with van der Waals surface area (Å²) in [6.45, 7) is 29.5. The van der Waals surface area contributed by atoms with Crippen LogP contribution in [0.5, 0.6) is 0 Å². The van der Waals surface area contributed by atoms with Crippen molar-refractivity contribution >= 4 is 67.8 Å². The average molecular weight is 1270 g/mol. The normalized spacial score (nSPS) is 17.4. The summed E-state index contributed by atoms with van der Waals surface area (Å²) in [5, 5.41) is 19.9. The monoisotopic (exact) mass is 1260 g/mol. The number of benzene rings is 3. The van der Waals surface area contributed by atoms with E-state index >= 15 is 0 Å². The van der Waals surface area contributed by atoms with Gasteiger partial charge >= 0.3 is 12.2 Å². The van der Waals surface area contributed by atoms with Crippen LogP contribution in [0.4, 0.5) is 44.5 Å². The van der Waals surface area contributed by atoms with Gasteiger partial charge < -0.3 is 54.4 Å². The van der Waals surface area contributed by atoms with Crippen LogP contribution < -0.4 is 30.7 Å². The quantitative estimate of drug-likeness (QED) is 0.0521. The molecule has 1 fully saturated rings. The van der Waals surface area contributed by atoms with Crippen LogP contribution in [-0.2, 0) is 38.3 Å². The number of nitrogens with zero attached hydrogens (tertiary/aromatic N) is 12. The highest BCUT2D eigenvalue weighted by Gasteiger charge is 2.47. The molecule has 91 heavy (non-hydrogen) atoms. The predicted octanol–water partition coefficient (Wildman–Crippen LogP) is 11.6. The number of aromatic nitrogens is 6. The summed E-state index contributed by atoms with van der Waals surface area (Å²) in [7, 11) is 4.06. The van der Waals surface area contributed by atoms with Crippen LogP contribution >= 0.6 is 0 Å². The Labute approximate surface area is 540 Å². The zero-order valence-electron chi connectivity index (χ0n) is 55.2. The Morgan fingerprint density at radius 1 is 0.637 bits per heavy atom. The molecule has 4 N–H and O–H groups in total. The van der Waals surface area contributed by atoms with Gasteiger partial charge in [0, 0.05) is 60.1 Å². The number of hydrogen-bond acceptors (Lipinski definition) is 20. The number of carbonyl (C=O) groups excluding carboxylic acids is 2. The maximum Gasteiger partial charge on any atom is 0.597 e. The van der Waals surface area contributed by atoms with Gasteiger partial charge in [-0.15, -0.1) is 4.58 Å². The first-order valence-electron chi connectivity index (χ1n) is 31.2. The highest BCUT2D eigenvalue weighted by molar-refractivity contribution is 6.77. The topological polar surface area (TPSA) is 233 Å². The van der Waals surface area contributed by atoms with Crippen molar-refractivity contribution in [1.82, 2.24) is 34.8 Å². The Balaban J connectivity index is 0.000000193. The zero-order chi connectivity index (χ0) is 64.9. The van der Waals surface area contributed by atoms with Crippen molar-refractivity contribution in [2.24, 2.45) is 4.99 Å². The number of anilines is 6. The number of aliphatic hydroxyl groups is 1. The molecule has 2 amide bonds. The van der Waals surface area contributed by atoms with E-state index < -0.39 is 37.9 Å². The lowest BCUT2D eigenvalue weighted by Gasteiger charge is -2.42. The van der Waals surface area contributed by atoms with Crippen molar-refractivity contribution in [1.29, 1.82) is 0 Å². The fourth-order valence-electron chi connectivity index (χ4n) is 12.0. The zero-order valence-corrected chi connectivity index (χ0v) is 56.2. The van der Waals surface area contributed by atoms with Gasteiger partial charge in [0.1, 0.15) is 77.3 Å². The fourth-order valence-corrected chi connectivity index (χ4v) is 17.5. The molecule has 22 nitrogen and oxygen atoms in total. The number of hydrogen-bond donors (Lipinski definition) is 4. The van der Waals surface area contributed by atoms with Crippen molar-refractivity contribution in [3.63, 3.8) is 0 Å². The molecule has 0 spiro atoms. The van der Waals surface area contributed by atoms with Gasteiger partial charge in [-0.05, 0) is 74.9 Å². The molecule has 23 heteroatoms. The molecule has 0 saturated carbocycles. The van der Waals surface area contributed by atoms with Gasteiger partial charge in [-0.2, -0.15) is 4.79 Å². The molecule has 490 valence electrons. The molecule has 0 aliphatic carbocycles. The minimum absolute atomic E-state index is 0. The van der Waals surface area contributed by atoms with E-state index in [4.69, 9.17) is 23.6 Å². The van der Waals surface area contributed by atoms with E-state index in [0.717, 1.165) is 46.3 Å². The molecule has 4 aliphatic rings. The molecule has 10 rings (SSSR count). The second kappa shape index (κ2) is 31.3. The number of ether oxygens (including phenoxy) is 3. The SMILES string of the molecule is C.CC(C)[Si](OC[C@@H]1CNc2ncnc(N(C)Cc3ccccc3)c2C=N1)(C(C)C)C(C)C.CN(Cc1ccccc1)c1ncnc2c1C1OC[C@H](CN2)N1C(=O)OC(C)(C)C.CN(Cc1ccccc1)c1ncnc2c1C=[N+](C(=O)OC(C)(C)C)[C@H](CO)CN2. The van der Waals surface area contributed by atoms with Crippen molar-refractivity contribution in [3.05, 3.63) is 143 Å². The third-order valence-electron chi connectivity index (χ3n) is 16.0. The molecule has 2 bridgehead atoms. The van der Waals surface area contributed by atoms with Crippen LogP contribution in [0.15, 0.2) is 115 Å². The van der Waals surface area contributed by atoms with E-state index in [1.54, 1.807) is 23.8 Å². The summed E-state index contributed by atoms with van der Waals surface area (Å²) < 4.78 is 25.5. The molecule has 3 aromatic carbocycles. The first kappa shape index (κ1) is 70.3. The number of aliphatic imine (C=N–C) groups is 1.